The first kappa shape index (κ1) is 8.51. The second kappa shape index (κ2) is 4.32. The van der Waals surface area contributed by atoms with Crippen LogP contribution in [0.4, 0.5) is 0 Å². The summed E-state index contributed by atoms with van der Waals surface area (Å²) in [5, 5.41) is 10.1. The topological polar surface area (TPSA) is 36.0 Å². The van der Waals surface area contributed by atoms with E-state index in [2.05, 4.69) is 13.0 Å². The average molecular weight is 154 g/mol. The summed E-state index contributed by atoms with van der Waals surface area (Å²) in [4.78, 5) is 5.27. The zero-order valence-corrected chi connectivity index (χ0v) is 6.92. The molecule has 2 unspecified atom stereocenters. The highest BCUT2D eigenvalue weighted by Crippen LogP contribution is 2.16. The van der Waals surface area contributed by atoms with Gasteiger partial charge in [-0.25, -0.2) is 0 Å². The minimum atomic E-state index is 0.0385. The number of hydrogen-bond donors (Lipinski definition) is 0. The van der Waals surface area contributed by atoms with Crippen molar-refractivity contribution in [3.05, 3.63) is 0 Å². The summed E-state index contributed by atoms with van der Waals surface area (Å²) in [7, 11) is 0. The maximum absolute atomic E-state index is 8.41. The zero-order valence-electron chi connectivity index (χ0n) is 6.92. The minimum absolute atomic E-state index is 0.0385. The SMILES string of the molecule is CCCCCON1CC1C#N. The van der Waals surface area contributed by atoms with Gasteiger partial charge in [-0.3, -0.25) is 4.84 Å². The number of unbranched alkanes of at least 4 members (excludes halogenated alkanes) is 2. The van der Waals surface area contributed by atoms with Gasteiger partial charge in [-0.15, -0.1) is 0 Å². The highest BCUT2D eigenvalue weighted by Gasteiger charge is 2.35. The van der Waals surface area contributed by atoms with E-state index in [0.717, 1.165) is 19.6 Å². The van der Waals surface area contributed by atoms with Crippen molar-refractivity contribution in [2.24, 2.45) is 0 Å². The summed E-state index contributed by atoms with van der Waals surface area (Å²) in [6, 6.07) is 2.17. The molecule has 1 fully saturated rings. The van der Waals surface area contributed by atoms with Gasteiger partial charge in [0.1, 0.15) is 6.04 Å². The van der Waals surface area contributed by atoms with Crippen LogP contribution in [0.2, 0.25) is 0 Å². The molecular formula is C8H14N2O. The first-order valence-corrected chi connectivity index (χ1v) is 4.17. The van der Waals surface area contributed by atoms with Gasteiger partial charge in [0, 0.05) is 0 Å². The summed E-state index contributed by atoms with van der Waals surface area (Å²) in [6.45, 7) is 3.73. The van der Waals surface area contributed by atoms with E-state index in [1.807, 2.05) is 0 Å². The molecule has 62 valence electrons. The number of nitriles is 1. The molecule has 0 aliphatic carbocycles. The van der Waals surface area contributed by atoms with Crippen LogP contribution in [0.25, 0.3) is 0 Å². The van der Waals surface area contributed by atoms with E-state index >= 15 is 0 Å². The second-order valence-corrected chi connectivity index (χ2v) is 2.78. The highest BCUT2D eigenvalue weighted by molar-refractivity contribution is 5.01. The van der Waals surface area contributed by atoms with E-state index in [1.54, 1.807) is 5.06 Å². The lowest BCUT2D eigenvalue weighted by Gasteiger charge is -2.00. The van der Waals surface area contributed by atoms with Crippen molar-refractivity contribution in [2.45, 2.75) is 32.2 Å². The largest absolute Gasteiger partial charge is 0.298 e. The predicted octanol–water partition coefficient (Wildman–Crippen LogP) is 1.32. The normalized spacial score (nSPS) is 28.0. The van der Waals surface area contributed by atoms with Crippen LogP contribution in [0.1, 0.15) is 26.2 Å². The van der Waals surface area contributed by atoms with Gasteiger partial charge < -0.3 is 0 Å². The van der Waals surface area contributed by atoms with Crippen LogP contribution in [0.5, 0.6) is 0 Å². The molecule has 0 aromatic heterocycles. The first-order valence-electron chi connectivity index (χ1n) is 4.17. The van der Waals surface area contributed by atoms with Crippen molar-refractivity contribution in [1.82, 2.24) is 5.06 Å². The van der Waals surface area contributed by atoms with Gasteiger partial charge in [-0.2, -0.15) is 10.3 Å². The fraction of sp³-hybridized carbons (Fsp3) is 0.875. The van der Waals surface area contributed by atoms with Gasteiger partial charge in [0.2, 0.25) is 0 Å². The van der Waals surface area contributed by atoms with Gasteiger partial charge in [0.05, 0.1) is 19.2 Å². The molecule has 1 aliphatic rings. The number of rotatable bonds is 5. The van der Waals surface area contributed by atoms with Crippen molar-refractivity contribution in [3.8, 4) is 6.07 Å². The smallest absolute Gasteiger partial charge is 0.137 e. The average Bonchev–Trinajstić information content (AvgIpc) is 2.77. The van der Waals surface area contributed by atoms with E-state index in [-0.39, 0.29) is 6.04 Å². The molecule has 11 heavy (non-hydrogen) atoms. The molecule has 0 radical (unpaired) electrons. The lowest BCUT2D eigenvalue weighted by Crippen LogP contribution is -2.03. The lowest BCUT2D eigenvalue weighted by molar-refractivity contribution is -0.0717. The zero-order chi connectivity index (χ0) is 8.10. The molecular weight excluding hydrogens is 140 g/mol. The van der Waals surface area contributed by atoms with Gasteiger partial charge >= 0.3 is 0 Å². The Bertz CT molecular complexity index is 153. The number of hydroxylamine groups is 2. The predicted molar refractivity (Wildman–Crippen MR) is 41.6 cm³/mol. The molecule has 0 amide bonds. The Morgan fingerprint density at radius 3 is 3.00 bits per heavy atom. The van der Waals surface area contributed by atoms with Crippen molar-refractivity contribution in [3.63, 3.8) is 0 Å². The molecule has 0 spiro atoms. The molecule has 0 saturated carbocycles. The molecule has 1 rings (SSSR count). The molecule has 1 heterocycles. The highest BCUT2D eigenvalue weighted by atomic mass is 16.7. The summed E-state index contributed by atoms with van der Waals surface area (Å²) in [5.74, 6) is 0. The molecule has 0 N–H and O–H groups in total. The van der Waals surface area contributed by atoms with Gasteiger partial charge in [-0.05, 0) is 6.42 Å². The van der Waals surface area contributed by atoms with Crippen LogP contribution in [-0.2, 0) is 4.84 Å². The third-order valence-electron chi connectivity index (χ3n) is 1.72. The second-order valence-electron chi connectivity index (χ2n) is 2.78. The van der Waals surface area contributed by atoms with E-state index in [1.165, 1.54) is 12.8 Å². The molecule has 3 heteroatoms. The quantitative estimate of drug-likeness (QED) is 0.442. The Balaban J connectivity index is 1.87. The fourth-order valence-corrected chi connectivity index (χ4v) is 0.905. The van der Waals surface area contributed by atoms with E-state index in [0.29, 0.717) is 0 Å². The van der Waals surface area contributed by atoms with Crippen LogP contribution in [0.15, 0.2) is 0 Å². The van der Waals surface area contributed by atoms with Crippen LogP contribution >= 0.6 is 0 Å². The third kappa shape index (κ3) is 2.87. The van der Waals surface area contributed by atoms with Crippen LogP contribution in [0.3, 0.4) is 0 Å². The van der Waals surface area contributed by atoms with Crippen molar-refractivity contribution < 1.29 is 4.84 Å². The maximum atomic E-state index is 8.41. The Morgan fingerprint density at radius 1 is 1.64 bits per heavy atom. The van der Waals surface area contributed by atoms with Crippen LogP contribution < -0.4 is 0 Å². The maximum Gasteiger partial charge on any atom is 0.137 e. The minimum Gasteiger partial charge on any atom is -0.298 e. The molecule has 3 nitrogen and oxygen atoms in total. The number of hydrogen-bond acceptors (Lipinski definition) is 3. The Kier molecular flexibility index (Phi) is 3.34. The van der Waals surface area contributed by atoms with Crippen molar-refractivity contribution in [2.75, 3.05) is 13.2 Å². The molecule has 0 bridgehead atoms. The fourth-order valence-electron chi connectivity index (χ4n) is 0.905. The van der Waals surface area contributed by atoms with Gasteiger partial charge in [0.25, 0.3) is 0 Å². The summed E-state index contributed by atoms with van der Waals surface area (Å²) >= 11 is 0. The van der Waals surface area contributed by atoms with Crippen LogP contribution in [-0.4, -0.2) is 24.3 Å². The van der Waals surface area contributed by atoms with Crippen molar-refractivity contribution in [1.29, 1.82) is 5.26 Å². The summed E-state index contributed by atoms with van der Waals surface area (Å²) in [5.41, 5.74) is 0. The molecule has 0 aromatic carbocycles. The molecule has 0 aromatic rings. The number of nitrogens with zero attached hydrogens (tertiary/aromatic N) is 2. The first-order chi connectivity index (χ1) is 5.38. The van der Waals surface area contributed by atoms with E-state index in [9.17, 15) is 0 Å². The molecule has 1 saturated heterocycles. The standard InChI is InChI=1S/C8H14N2O/c1-2-3-4-5-11-10-7-8(10)6-9/h8H,2-5,7H2,1H3. The van der Waals surface area contributed by atoms with Gasteiger partial charge in [-0.1, -0.05) is 19.8 Å². The Labute approximate surface area is 67.5 Å². The Morgan fingerprint density at radius 2 is 2.45 bits per heavy atom. The van der Waals surface area contributed by atoms with Crippen LogP contribution in [0, 0.1) is 11.3 Å². The lowest BCUT2D eigenvalue weighted by atomic mass is 10.3. The molecule has 1 aliphatic heterocycles. The summed E-state index contributed by atoms with van der Waals surface area (Å²) in [6.07, 6.45) is 3.53. The third-order valence-corrected chi connectivity index (χ3v) is 1.72. The van der Waals surface area contributed by atoms with Gasteiger partial charge in [0.15, 0.2) is 0 Å². The van der Waals surface area contributed by atoms with E-state index in [4.69, 9.17) is 10.1 Å². The summed E-state index contributed by atoms with van der Waals surface area (Å²) < 4.78 is 0. The Hall–Kier alpha value is -0.590. The van der Waals surface area contributed by atoms with E-state index < -0.39 is 0 Å². The molecule has 2 atom stereocenters. The monoisotopic (exact) mass is 154 g/mol. The van der Waals surface area contributed by atoms with Crippen molar-refractivity contribution >= 4 is 0 Å².